The molecule has 0 spiro atoms. The monoisotopic (exact) mass is 260 g/mol. The molecule has 2 heterocycles. The Morgan fingerprint density at radius 1 is 1.18 bits per heavy atom. The van der Waals surface area contributed by atoms with Crippen LogP contribution in [0.25, 0.3) is 10.1 Å². The second-order valence-corrected chi connectivity index (χ2v) is 5.31. The summed E-state index contributed by atoms with van der Waals surface area (Å²) in [6.07, 6.45) is 1.67. The highest BCUT2D eigenvalue weighted by Gasteiger charge is 2.08. The first kappa shape index (κ1) is 10.4. The van der Waals surface area contributed by atoms with E-state index >= 15 is 0 Å². The Hall–Kier alpha value is -1.72. The van der Waals surface area contributed by atoms with Gasteiger partial charge in [-0.2, -0.15) is 0 Å². The molecule has 0 radical (unpaired) electrons. The number of hydrogen-bond acceptors (Lipinski definition) is 4. The van der Waals surface area contributed by atoms with E-state index in [1.807, 2.05) is 35.0 Å². The number of thiazole rings is 1. The first-order chi connectivity index (χ1) is 8.33. The van der Waals surface area contributed by atoms with E-state index in [0.29, 0.717) is 10.7 Å². The topological polar surface area (TPSA) is 42.0 Å². The lowest BCUT2D eigenvalue weighted by Gasteiger charge is -2.01. The first-order valence-electron chi connectivity index (χ1n) is 5.01. The van der Waals surface area contributed by atoms with Crippen molar-refractivity contribution >= 4 is 43.8 Å². The predicted octanol–water partition coefficient (Wildman–Crippen LogP) is 3.61. The van der Waals surface area contributed by atoms with Crippen LogP contribution in [0.4, 0.5) is 5.13 Å². The Morgan fingerprint density at radius 2 is 2.12 bits per heavy atom. The Bertz CT molecular complexity index is 658. The molecule has 0 aliphatic rings. The van der Waals surface area contributed by atoms with Crippen LogP contribution in [0.1, 0.15) is 10.4 Å². The van der Waals surface area contributed by atoms with Gasteiger partial charge in [0.25, 0.3) is 5.91 Å². The van der Waals surface area contributed by atoms with Crippen LogP contribution < -0.4 is 5.32 Å². The van der Waals surface area contributed by atoms with Gasteiger partial charge in [-0.05, 0) is 29.0 Å². The van der Waals surface area contributed by atoms with Gasteiger partial charge < -0.3 is 0 Å². The van der Waals surface area contributed by atoms with Crippen molar-refractivity contribution in [1.82, 2.24) is 4.98 Å². The highest BCUT2D eigenvalue weighted by atomic mass is 32.1. The third-order valence-corrected chi connectivity index (χ3v) is 3.94. The highest BCUT2D eigenvalue weighted by Crippen LogP contribution is 2.22. The van der Waals surface area contributed by atoms with E-state index in [0.717, 1.165) is 4.70 Å². The largest absolute Gasteiger partial charge is 0.298 e. The van der Waals surface area contributed by atoms with E-state index in [-0.39, 0.29) is 5.91 Å². The van der Waals surface area contributed by atoms with E-state index in [4.69, 9.17) is 0 Å². The Labute approximate surface area is 106 Å². The molecule has 17 heavy (non-hydrogen) atoms. The number of nitrogens with zero attached hydrogens (tertiary/aromatic N) is 1. The number of rotatable bonds is 2. The van der Waals surface area contributed by atoms with Crippen molar-refractivity contribution in [2.24, 2.45) is 0 Å². The number of amides is 1. The molecule has 0 aliphatic carbocycles. The molecule has 0 bridgehead atoms. The van der Waals surface area contributed by atoms with Crippen molar-refractivity contribution in [3.8, 4) is 0 Å². The van der Waals surface area contributed by atoms with Crippen LogP contribution in [0.5, 0.6) is 0 Å². The van der Waals surface area contributed by atoms with E-state index < -0.39 is 0 Å². The lowest BCUT2D eigenvalue weighted by atomic mass is 10.2. The summed E-state index contributed by atoms with van der Waals surface area (Å²) in [5.74, 6) is -0.116. The van der Waals surface area contributed by atoms with Gasteiger partial charge in [0.2, 0.25) is 0 Å². The summed E-state index contributed by atoms with van der Waals surface area (Å²) in [7, 11) is 0. The number of carbonyl (C=O) groups excluding carboxylic acids is 1. The second kappa shape index (κ2) is 4.27. The summed E-state index contributed by atoms with van der Waals surface area (Å²) in [6, 6.07) is 7.74. The molecule has 0 saturated heterocycles. The van der Waals surface area contributed by atoms with Gasteiger partial charge in [-0.3, -0.25) is 10.1 Å². The Balaban J connectivity index is 1.90. The molecule has 1 aromatic carbocycles. The number of carbonyl (C=O) groups is 1. The van der Waals surface area contributed by atoms with Gasteiger partial charge in [-0.15, -0.1) is 22.7 Å². The van der Waals surface area contributed by atoms with E-state index in [2.05, 4.69) is 10.3 Å². The maximum absolute atomic E-state index is 11.9. The molecule has 0 saturated carbocycles. The quantitative estimate of drug-likeness (QED) is 0.764. The molecule has 2 aromatic heterocycles. The van der Waals surface area contributed by atoms with Crippen LogP contribution in [-0.4, -0.2) is 10.9 Å². The molecule has 1 N–H and O–H groups in total. The molecule has 0 fully saturated rings. The van der Waals surface area contributed by atoms with Crippen LogP contribution in [0, 0.1) is 0 Å². The number of aromatic nitrogens is 1. The van der Waals surface area contributed by atoms with Crippen molar-refractivity contribution in [3.05, 3.63) is 46.8 Å². The molecule has 0 aliphatic heterocycles. The third kappa shape index (κ3) is 2.07. The van der Waals surface area contributed by atoms with E-state index in [1.54, 1.807) is 17.5 Å². The van der Waals surface area contributed by atoms with Crippen LogP contribution in [-0.2, 0) is 0 Å². The first-order valence-corrected chi connectivity index (χ1v) is 6.77. The van der Waals surface area contributed by atoms with Gasteiger partial charge in [0.1, 0.15) is 0 Å². The summed E-state index contributed by atoms with van der Waals surface area (Å²) in [4.78, 5) is 16.0. The minimum absolute atomic E-state index is 0.116. The Morgan fingerprint density at radius 3 is 2.94 bits per heavy atom. The molecule has 0 unspecified atom stereocenters. The zero-order chi connectivity index (χ0) is 11.7. The highest BCUT2D eigenvalue weighted by molar-refractivity contribution is 7.17. The van der Waals surface area contributed by atoms with Crippen molar-refractivity contribution in [3.63, 3.8) is 0 Å². The third-order valence-electron chi connectivity index (χ3n) is 2.37. The summed E-state index contributed by atoms with van der Waals surface area (Å²) in [6.45, 7) is 0. The minimum Gasteiger partial charge on any atom is -0.298 e. The number of benzene rings is 1. The summed E-state index contributed by atoms with van der Waals surface area (Å²) >= 11 is 3.04. The number of hydrogen-bond donors (Lipinski definition) is 1. The van der Waals surface area contributed by atoms with Gasteiger partial charge >= 0.3 is 0 Å². The lowest BCUT2D eigenvalue weighted by molar-refractivity contribution is 0.102. The number of fused-ring (bicyclic) bond motifs is 1. The maximum Gasteiger partial charge on any atom is 0.257 e. The SMILES string of the molecule is O=C(Nc1nccs1)c1ccc2ccsc2c1. The molecular weight excluding hydrogens is 252 g/mol. The minimum atomic E-state index is -0.116. The van der Waals surface area contributed by atoms with Gasteiger partial charge in [-0.1, -0.05) is 6.07 Å². The fraction of sp³-hybridized carbons (Fsp3) is 0. The van der Waals surface area contributed by atoms with Gasteiger partial charge in [0, 0.05) is 21.8 Å². The average molecular weight is 260 g/mol. The molecule has 1 amide bonds. The molecule has 0 atom stereocenters. The van der Waals surface area contributed by atoms with Crippen molar-refractivity contribution in [2.45, 2.75) is 0 Å². The number of thiophene rings is 1. The molecule has 84 valence electrons. The van der Waals surface area contributed by atoms with E-state index in [9.17, 15) is 4.79 Å². The van der Waals surface area contributed by atoms with Crippen molar-refractivity contribution in [2.75, 3.05) is 5.32 Å². The standard InChI is InChI=1S/C12H8N2OS2/c15-11(14-12-13-4-6-17-12)9-2-1-8-3-5-16-10(8)7-9/h1-7H,(H,13,14,15). The maximum atomic E-state index is 11.9. The van der Waals surface area contributed by atoms with Crippen LogP contribution in [0.15, 0.2) is 41.2 Å². The smallest absolute Gasteiger partial charge is 0.257 e. The summed E-state index contributed by atoms with van der Waals surface area (Å²) in [5, 5.41) is 8.41. The fourth-order valence-corrected chi connectivity index (χ4v) is 2.90. The molecule has 3 aromatic rings. The summed E-state index contributed by atoms with van der Waals surface area (Å²) < 4.78 is 1.12. The van der Waals surface area contributed by atoms with E-state index in [1.165, 1.54) is 16.7 Å². The molecular formula is C12H8N2OS2. The molecule has 3 rings (SSSR count). The predicted molar refractivity (Wildman–Crippen MR) is 71.9 cm³/mol. The normalized spacial score (nSPS) is 10.6. The van der Waals surface area contributed by atoms with Gasteiger partial charge in [-0.25, -0.2) is 4.98 Å². The van der Waals surface area contributed by atoms with Crippen LogP contribution in [0.2, 0.25) is 0 Å². The lowest BCUT2D eigenvalue weighted by Crippen LogP contribution is -2.11. The van der Waals surface area contributed by atoms with Crippen molar-refractivity contribution in [1.29, 1.82) is 0 Å². The zero-order valence-corrected chi connectivity index (χ0v) is 10.3. The van der Waals surface area contributed by atoms with Crippen LogP contribution in [0.3, 0.4) is 0 Å². The second-order valence-electron chi connectivity index (χ2n) is 3.46. The zero-order valence-electron chi connectivity index (χ0n) is 8.71. The summed E-state index contributed by atoms with van der Waals surface area (Å²) in [5.41, 5.74) is 0.662. The van der Waals surface area contributed by atoms with Gasteiger partial charge in [0.05, 0.1) is 0 Å². The molecule has 5 heteroatoms. The number of nitrogens with one attached hydrogen (secondary N) is 1. The number of anilines is 1. The Kier molecular flexibility index (Phi) is 2.62. The van der Waals surface area contributed by atoms with Gasteiger partial charge in [0.15, 0.2) is 5.13 Å². The molecule has 3 nitrogen and oxygen atoms in total. The van der Waals surface area contributed by atoms with Crippen LogP contribution >= 0.6 is 22.7 Å². The average Bonchev–Trinajstić information content (AvgIpc) is 2.97. The van der Waals surface area contributed by atoms with Crippen molar-refractivity contribution < 1.29 is 4.79 Å². The fourth-order valence-electron chi connectivity index (χ4n) is 1.55.